The van der Waals surface area contributed by atoms with Gasteiger partial charge in [0, 0.05) is 28.4 Å². The molecule has 0 radical (unpaired) electrons. The van der Waals surface area contributed by atoms with Gasteiger partial charge in [0.15, 0.2) is 0 Å². The van der Waals surface area contributed by atoms with E-state index in [2.05, 4.69) is 48.6 Å². The molecule has 0 aromatic heterocycles. The minimum absolute atomic E-state index is 0.0644. The number of fused-ring (bicyclic) bond motifs is 2. The third-order valence-electron chi connectivity index (χ3n) is 8.71. The predicted molar refractivity (Wildman–Crippen MR) is 151 cm³/mol. The van der Waals surface area contributed by atoms with E-state index in [0.717, 1.165) is 23.8 Å². The van der Waals surface area contributed by atoms with Crippen LogP contribution in [0.5, 0.6) is 0 Å². The Kier molecular flexibility index (Phi) is 8.94. The molecule has 0 aliphatic heterocycles. The normalized spacial score (nSPS) is 23.9. The van der Waals surface area contributed by atoms with Crippen LogP contribution in [0, 0.1) is 35.0 Å². The summed E-state index contributed by atoms with van der Waals surface area (Å²) >= 11 is 0. The highest BCUT2D eigenvalue weighted by atomic mass is 16.5. The van der Waals surface area contributed by atoms with Crippen molar-refractivity contribution in [1.29, 1.82) is 0 Å². The van der Waals surface area contributed by atoms with Crippen molar-refractivity contribution in [1.82, 2.24) is 16.1 Å². The van der Waals surface area contributed by atoms with E-state index in [1.54, 1.807) is 24.3 Å². The number of amides is 3. The Morgan fingerprint density at radius 3 is 2.12 bits per heavy atom. The lowest BCUT2D eigenvalue weighted by Gasteiger charge is -2.62. The molecule has 0 heterocycles. The van der Waals surface area contributed by atoms with Crippen LogP contribution in [0.4, 0.5) is 5.69 Å². The minimum Gasteiger partial charge on any atom is -0.391 e. The highest BCUT2D eigenvalue weighted by Crippen LogP contribution is 2.61. The molecule has 3 unspecified atom stereocenters. The van der Waals surface area contributed by atoms with Crippen molar-refractivity contribution in [3.8, 4) is 11.8 Å². The molecule has 9 heteroatoms. The number of rotatable bonds is 8. The lowest BCUT2D eigenvalue weighted by Crippen LogP contribution is -2.60. The second-order valence-corrected chi connectivity index (χ2v) is 11.6. The molecular weight excluding hydrogens is 508 g/mol. The third kappa shape index (κ3) is 6.53. The molecule has 9 nitrogen and oxygen atoms in total. The highest BCUT2D eigenvalue weighted by Gasteiger charge is 2.56. The summed E-state index contributed by atoms with van der Waals surface area (Å²) in [5, 5.41) is 27.2. The summed E-state index contributed by atoms with van der Waals surface area (Å²) in [5.74, 6) is 6.58. The van der Waals surface area contributed by atoms with E-state index in [-0.39, 0.29) is 11.5 Å². The van der Waals surface area contributed by atoms with Crippen LogP contribution in [0.3, 0.4) is 0 Å². The molecule has 3 aliphatic rings. The van der Waals surface area contributed by atoms with Crippen molar-refractivity contribution in [2.24, 2.45) is 23.2 Å². The van der Waals surface area contributed by atoms with Gasteiger partial charge in [0.2, 0.25) is 5.91 Å². The third-order valence-corrected chi connectivity index (χ3v) is 8.71. The highest BCUT2D eigenvalue weighted by molar-refractivity contribution is 5.97. The largest absolute Gasteiger partial charge is 0.391 e. The topological polar surface area (TPSA) is 140 Å². The number of hydrogen-bond donors (Lipinski definition) is 6. The Labute approximate surface area is 235 Å². The van der Waals surface area contributed by atoms with E-state index >= 15 is 0 Å². The van der Waals surface area contributed by atoms with Gasteiger partial charge in [-0.2, -0.15) is 0 Å². The molecule has 3 amide bonds. The molecule has 3 fully saturated rings. The number of nitrogens with one attached hydrogen (secondary N) is 4. The number of carbonyl (C=O) groups is 3. The van der Waals surface area contributed by atoms with E-state index in [4.69, 9.17) is 5.21 Å². The lowest BCUT2D eigenvalue weighted by atomic mass is 9.45. The summed E-state index contributed by atoms with van der Waals surface area (Å²) in [6.45, 7) is 8.67. The van der Waals surface area contributed by atoms with E-state index in [0.29, 0.717) is 35.2 Å². The standard InChI is InChI=1S/C31H38N4O5/c1-18-25-15-23(31(25,3)4)16-26(18)32-17-27(37)33-24-13-9-21(10-14-24)6-5-20-7-11-22(12-8-20)29(38)34-28(19(2)36)30(39)35-40/h7-14,18-19,23,25-26,28,32,36,40H,15-17H2,1-4H3,(H,33,37)(H,34,38)(H,35,39)/t18-,19+,23?,25?,26?,28-/m0/s1. The molecule has 3 saturated carbocycles. The van der Waals surface area contributed by atoms with Gasteiger partial charge in [-0.3, -0.25) is 19.6 Å². The first-order valence-corrected chi connectivity index (χ1v) is 13.7. The van der Waals surface area contributed by atoms with Crippen LogP contribution in [-0.4, -0.2) is 52.8 Å². The quantitative estimate of drug-likeness (QED) is 0.171. The van der Waals surface area contributed by atoms with Gasteiger partial charge >= 0.3 is 0 Å². The molecule has 212 valence electrons. The van der Waals surface area contributed by atoms with Crippen LogP contribution in [0.1, 0.15) is 62.0 Å². The molecule has 0 saturated heterocycles. The Bertz CT molecular complexity index is 1290. The van der Waals surface area contributed by atoms with Crippen molar-refractivity contribution < 1.29 is 24.7 Å². The van der Waals surface area contributed by atoms with Crippen molar-refractivity contribution in [2.75, 3.05) is 11.9 Å². The van der Waals surface area contributed by atoms with Gasteiger partial charge < -0.3 is 21.1 Å². The number of hydroxylamine groups is 1. The van der Waals surface area contributed by atoms with Crippen molar-refractivity contribution in [3.63, 3.8) is 0 Å². The zero-order valence-electron chi connectivity index (χ0n) is 23.3. The van der Waals surface area contributed by atoms with Crippen molar-refractivity contribution in [3.05, 3.63) is 65.2 Å². The fourth-order valence-corrected chi connectivity index (χ4v) is 6.03. The molecule has 6 atom stereocenters. The molecule has 6 N–H and O–H groups in total. The number of aliphatic hydroxyl groups is 1. The Morgan fingerprint density at radius 1 is 1.00 bits per heavy atom. The van der Waals surface area contributed by atoms with Gasteiger partial charge in [-0.05, 0) is 91.5 Å². The first-order chi connectivity index (χ1) is 19.0. The zero-order chi connectivity index (χ0) is 29.0. The smallest absolute Gasteiger partial charge is 0.268 e. The van der Waals surface area contributed by atoms with Gasteiger partial charge in [-0.1, -0.05) is 32.6 Å². The predicted octanol–water partition coefficient (Wildman–Crippen LogP) is 2.67. The first-order valence-electron chi connectivity index (χ1n) is 13.7. The Hall–Kier alpha value is -3.71. The van der Waals surface area contributed by atoms with E-state index in [1.807, 2.05) is 24.3 Å². The van der Waals surface area contributed by atoms with Crippen LogP contribution < -0.4 is 21.4 Å². The van der Waals surface area contributed by atoms with Gasteiger partial charge in [0.25, 0.3) is 11.8 Å². The number of hydrogen-bond acceptors (Lipinski definition) is 6. The van der Waals surface area contributed by atoms with Crippen LogP contribution in [-0.2, 0) is 9.59 Å². The average molecular weight is 547 g/mol. The second-order valence-electron chi connectivity index (χ2n) is 11.6. The second kappa shape index (κ2) is 12.2. The number of carbonyl (C=O) groups excluding carboxylic acids is 3. The van der Waals surface area contributed by atoms with Crippen LogP contribution in [0.2, 0.25) is 0 Å². The lowest BCUT2D eigenvalue weighted by molar-refractivity contribution is -0.133. The fraction of sp³-hybridized carbons (Fsp3) is 0.452. The van der Waals surface area contributed by atoms with Gasteiger partial charge in [-0.15, -0.1) is 0 Å². The summed E-state index contributed by atoms with van der Waals surface area (Å²) in [7, 11) is 0. The van der Waals surface area contributed by atoms with E-state index < -0.39 is 24.0 Å². The monoisotopic (exact) mass is 546 g/mol. The molecular formula is C31H38N4O5. The summed E-state index contributed by atoms with van der Waals surface area (Å²) in [5.41, 5.74) is 4.28. The maximum Gasteiger partial charge on any atom is 0.268 e. The molecule has 3 aliphatic carbocycles. The van der Waals surface area contributed by atoms with Gasteiger partial charge in [0.05, 0.1) is 12.6 Å². The molecule has 40 heavy (non-hydrogen) atoms. The maximum absolute atomic E-state index is 12.5. The molecule has 0 spiro atoms. The molecule has 2 bridgehead atoms. The van der Waals surface area contributed by atoms with Crippen LogP contribution >= 0.6 is 0 Å². The molecule has 2 aromatic rings. The van der Waals surface area contributed by atoms with Gasteiger partial charge in [-0.25, -0.2) is 5.48 Å². The summed E-state index contributed by atoms with van der Waals surface area (Å²) in [6, 6.07) is 12.8. The van der Waals surface area contributed by atoms with E-state index in [1.165, 1.54) is 18.8 Å². The molecule has 5 rings (SSSR count). The SMILES string of the molecule is C[C@@H]1C(NCC(=O)Nc2ccc(C#Cc3ccc(C(=O)N[C@H](C(=O)NO)[C@@H](C)O)cc3)cc2)CC2CC1C2(C)C. The first kappa shape index (κ1) is 29.3. The van der Waals surface area contributed by atoms with Crippen LogP contribution in [0.25, 0.3) is 0 Å². The minimum atomic E-state index is -1.29. The fourth-order valence-electron chi connectivity index (χ4n) is 6.03. The Morgan fingerprint density at radius 2 is 1.60 bits per heavy atom. The number of aliphatic hydroxyl groups excluding tert-OH is 1. The maximum atomic E-state index is 12.5. The summed E-state index contributed by atoms with van der Waals surface area (Å²) in [4.78, 5) is 36.5. The average Bonchev–Trinajstić information content (AvgIpc) is 2.94. The van der Waals surface area contributed by atoms with Crippen molar-refractivity contribution in [2.45, 2.75) is 58.7 Å². The van der Waals surface area contributed by atoms with E-state index in [9.17, 15) is 19.5 Å². The number of anilines is 1. The van der Waals surface area contributed by atoms with Crippen molar-refractivity contribution >= 4 is 23.4 Å². The number of benzene rings is 2. The zero-order valence-corrected chi connectivity index (χ0v) is 23.3. The Balaban J connectivity index is 1.26. The summed E-state index contributed by atoms with van der Waals surface area (Å²) in [6.07, 6.45) is 1.25. The van der Waals surface area contributed by atoms with Gasteiger partial charge in [0.1, 0.15) is 6.04 Å². The molecule has 2 aromatic carbocycles. The van der Waals surface area contributed by atoms with Crippen LogP contribution in [0.15, 0.2) is 48.5 Å². The summed E-state index contributed by atoms with van der Waals surface area (Å²) < 4.78 is 0.